The van der Waals surface area contributed by atoms with Crippen molar-refractivity contribution in [2.75, 3.05) is 14.2 Å². The highest BCUT2D eigenvalue weighted by molar-refractivity contribution is 5.33. The molecule has 19 heavy (non-hydrogen) atoms. The highest BCUT2D eigenvalue weighted by Crippen LogP contribution is 2.39. The molecular weight excluding hydrogens is 242 g/mol. The van der Waals surface area contributed by atoms with Crippen LogP contribution in [0.3, 0.4) is 0 Å². The minimum absolute atomic E-state index is 0.532. The fourth-order valence-electron chi connectivity index (χ4n) is 2.79. The fourth-order valence-corrected chi connectivity index (χ4v) is 2.79. The van der Waals surface area contributed by atoms with Crippen molar-refractivity contribution >= 4 is 0 Å². The van der Waals surface area contributed by atoms with Crippen LogP contribution in [-0.2, 0) is 22.3 Å². The molecule has 2 unspecified atom stereocenters. The van der Waals surface area contributed by atoms with Crippen molar-refractivity contribution < 1.29 is 14.6 Å². The third kappa shape index (κ3) is 2.50. The van der Waals surface area contributed by atoms with Gasteiger partial charge >= 0.3 is 0 Å². The van der Waals surface area contributed by atoms with Crippen LogP contribution in [0.15, 0.2) is 24.3 Å². The lowest BCUT2D eigenvalue weighted by molar-refractivity contribution is -0.191. The third-order valence-electron chi connectivity index (χ3n) is 3.98. The molecule has 1 aliphatic carbocycles. The predicted octanol–water partition coefficient (Wildman–Crippen LogP) is 1.67. The quantitative estimate of drug-likeness (QED) is 0.837. The molecule has 0 heterocycles. The Labute approximate surface area is 113 Å². The summed E-state index contributed by atoms with van der Waals surface area (Å²) >= 11 is 0. The van der Waals surface area contributed by atoms with E-state index in [1.807, 2.05) is 18.2 Å². The Morgan fingerprint density at radius 1 is 1.26 bits per heavy atom. The van der Waals surface area contributed by atoms with Gasteiger partial charge in [0.2, 0.25) is 0 Å². The van der Waals surface area contributed by atoms with Crippen molar-refractivity contribution in [3.63, 3.8) is 0 Å². The summed E-state index contributed by atoms with van der Waals surface area (Å²) in [4.78, 5) is 0. The number of hydrogen-bond donors (Lipinski definition) is 1. The minimum Gasteiger partial charge on any atom is -0.386 e. The summed E-state index contributed by atoms with van der Waals surface area (Å²) in [7, 11) is 2.94. The number of nitrogens with zero attached hydrogens (tertiary/aromatic N) is 1. The van der Waals surface area contributed by atoms with Gasteiger partial charge in [-0.05, 0) is 30.4 Å². The van der Waals surface area contributed by atoms with Gasteiger partial charge in [-0.25, -0.2) is 0 Å². The second-order valence-electron chi connectivity index (χ2n) is 5.00. The molecule has 0 radical (unpaired) electrons. The molecule has 2 rings (SSSR count). The standard InChI is InChI=1S/C15H19NO3/c1-18-14(19-2)13(17)15(10-16)8-7-11-5-3-4-6-12(11)9-15/h3-6,13-14,17H,7-9H2,1-2H3. The van der Waals surface area contributed by atoms with Crippen LogP contribution >= 0.6 is 0 Å². The molecule has 1 N–H and O–H groups in total. The molecule has 0 aliphatic heterocycles. The molecule has 102 valence electrons. The zero-order chi connectivity index (χ0) is 13.9. The van der Waals surface area contributed by atoms with Gasteiger partial charge in [-0.2, -0.15) is 5.26 Å². The van der Waals surface area contributed by atoms with E-state index in [0.717, 1.165) is 12.0 Å². The van der Waals surface area contributed by atoms with E-state index in [1.54, 1.807) is 0 Å². The summed E-state index contributed by atoms with van der Waals surface area (Å²) < 4.78 is 10.2. The Kier molecular flexibility index (Phi) is 4.20. The van der Waals surface area contributed by atoms with Crippen LogP contribution in [0.25, 0.3) is 0 Å². The minimum atomic E-state index is -0.958. The van der Waals surface area contributed by atoms with Gasteiger partial charge in [-0.15, -0.1) is 0 Å². The van der Waals surface area contributed by atoms with Crippen molar-refractivity contribution in [3.8, 4) is 6.07 Å². The first-order chi connectivity index (χ1) is 9.16. The molecule has 1 aromatic carbocycles. The Hall–Kier alpha value is -1.41. The molecule has 0 aromatic heterocycles. The molecule has 0 fully saturated rings. The molecule has 0 saturated heterocycles. The molecule has 1 aromatic rings. The Bertz CT molecular complexity index is 479. The number of fused-ring (bicyclic) bond motifs is 1. The first-order valence-electron chi connectivity index (χ1n) is 6.38. The summed E-state index contributed by atoms with van der Waals surface area (Å²) in [6.45, 7) is 0. The number of rotatable bonds is 4. The number of ether oxygens (including phenoxy) is 2. The van der Waals surface area contributed by atoms with Gasteiger partial charge in [0.25, 0.3) is 0 Å². The number of aryl methyl sites for hydroxylation is 1. The van der Waals surface area contributed by atoms with Gasteiger partial charge in [-0.1, -0.05) is 24.3 Å². The van der Waals surface area contributed by atoms with E-state index in [0.29, 0.717) is 12.8 Å². The first-order valence-corrected chi connectivity index (χ1v) is 6.38. The smallest absolute Gasteiger partial charge is 0.184 e. The molecule has 0 amide bonds. The molecular formula is C15H19NO3. The first kappa shape index (κ1) is 14.0. The van der Waals surface area contributed by atoms with Crippen molar-refractivity contribution in [1.29, 1.82) is 5.26 Å². The second kappa shape index (κ2) is 5.70. The van der Waals surface area contributed by atoms with E-state index in [-0.39, 0.29) is 0 Å². The van der Waals surface area contributed by atoms with Gasteiger partial charge < -0.3 is 14.6 Å². The van der Waals surface area contributed by atoms with Gasteiger partial charge in [0, 0.05) is 14.2 Å². The maximum absolute atomic E-state index is 10.4. The van der Waals surface area contributed by atoms with E-state index < -0.39 is 17.8 Å². The van der Waals surface area contributed by atoms with Crippen LogP contribution in [0.1, 0.15) is 17.5 Å². The maximum atomic E-state index is 10.4. The average molecular weight is 261 g/mol. The van der Waals surface area contributed by atoms with Crippen LogP contribution in [0.4, 0.5) is 0 Å². The van der Waals surface area contributed by atoms with Crippen LogP contribution < -0.4 is 0 Å². The Morgan fingerprint density at radius 3 is 2.47 bits per heavy atom. The van der Waals surface area contributed by atoms with Crippen LogP contribution in [-0.4, -0.2) is 31.7 Å². The normalized spacial score (nSPS) is 23.7. The van der Waals surface area contributed by atoms with Crippen molar-refractivity contribution in [3.05, 3.63) is 35.4 Å². The van der Waals surface area contributed by atoms with Crippen LogP contribution in [0.5, 0.6) is 0 Å². The van der Waals surface area contributed by atoms with Crippen molar-refractivity contribution in [2.24, 2.45) is 5.41 Å². The molecule has 0 bridgehead atoms. The molecule has 2 atom stereocenters. The third-order valence-corrected chi connectivity index (χ3v) is 3.98. The molecule has 0 saturated carbocycles. The van der Waals surface area contributed by atoms with Gasteiger partial charge in [0.15, 0.2) is 6.29 Å². The fraction of sp³-hybridized carbons (Fsp3) is 0.533. The zero-order valence-corrected chi connectivity index (χ0v) is 11.3. The Morgan fingerprint density at radius 2 is 1.89 bits per heavy atom. The maximum Gasteiger partial charge on any atom is 0.184 e. The summed E-state index contributed by atoms with van der Waals surface area (Å²) in [5.41, 5.74) is 1.54. The topological polar surface area (TPSA) is 62.5 Å². The summed E-state index contributed by atoms with van der Waals surface area (Å²) in [6.07, 6.45) is 0.210. The molecule has 4 heteroatoms. The van der Waals surface area contributed by atoms with Crippen molar-refractivity contribution in [2.45, 2.75) is 31.7 Å². The number of nitriles is 1. The summed E-state index contributed by atoms with van der Waals surface area (Å²) in [6, 6.07) is 10.4. The number of hydrogen-bond acceptors (Lipinski definition) is 4. The number of aliphatic hydroxyl groups excluding tert-OH is 1. The van der Waals surface area contributed by atoms with Crippen molar-refractivity contribution in [1.82, 2.24) is 0 Å². The molecule has 1 aliphatic rings. The summed E-state index contributed by atoms with van der Waals surface area (Å²) in [5.74, 6) is 0. The average Bonchev–Trinajstić information content (AvgIpc) is 2.47. The van der Waals surface area contributed by atoms with Gasteiger partial charge in [0.05, 0.1) is 11.5 Å². The highest BCUT2D eigenvalue weighted by Gasteiger charge is 2.45. The van der Waals surface area contributed by atoms with E-state index in [9.17, 15) is 10.4 Å². The SMILES string of the molecule is COC(OC)C(O)C1(C#N)CCc2ccccc2C1. The lowest BCUT2D eigenvalue weighted by Gasteiger charge is -2.38. The largest absolute Gasteiger partial charge is 0.386 e. The number of methoxy groups -OCH3 is 2. The van der Waals surface area contributed by atoms with Crippen LogP contribution in [0.2, 0.25) is 0 Å². The molecule has 0 spiro atoms. The second-order valence-corrected chi connectivity index (χ2v) is 5.00. The lowest BCUT2D eigenvalue weighted by atomic mass is 9.69. The number of aliphatic hydroxyl groups is 1. The van der Waals surface area contributed by atoms with E-state index >= 15 is 0 Å². The summed E-state index contributed by atoms with van der Waals surface area (Å²) in [5, 5.41) is 20.0. The zero-order valence-electron chi connectivity index (χ0n) is 11.3. The van der Waals surface area contributed by atoms with E-state index in [1.165, 1.54) is 19.8 Å². The molecule has 4 nitrogen and oxygen atoms in total. The monoisotopic (exact) mass is 261 g/mol. The van der Waals surface area contributed by atoms with Crippen LogP contribution in [0, 0.1) is 16.7 Å². The highest BCUT2D eigenvalue weighted by atomic mass is 16.7. The van der Waals surface area contributed by atoms with Gasteiger partial charge in [-0.3, -0.25) is 0 Å². The lowest BCUT2D eigenvalue weighted by Crippen LogP contribution is -2.47. The Balaban J connectivity index is 2.29. The van der Waals surface area contributed by atoms with Gasteiger partial charge in [0.1, 0.15) is 6.10 Å². The van der Waals surface area contributed by atoms with E-state index in [2.05, 4.69) is 12.1 Å². The van der Waals surface area contributed by atoms with E-state index in [4.69, 9.17) is 9.47 Å². The predicted molar refractivity (Wildman–Crippen MR) is 70.3 cm³/mol. The number of benzene rings is 1.